The number of aryl methyl sites for hydroxylation is 2. The molecule has 5 N–H and O–H groups in total. The van der Waals surface area contributed by atoms with Crippen molar-refractivity contribution in [2.24, 2.45) is 5.73 Å². The van der Waals surface area contributed by atoms with E-state index in [-0.39, 0.29) is 11.9 Å². The van der Waals surface area contributed by atoms with E-state index in [0.717, 1.165) is 22.5 Å². The zero-order valence-corrected chi connectivity index (χ0v) is 19.7. The summed E-state index contributed by atoms with van der Waals surface area (Å²) >= 11 is 6.45. The predicted molar refractivity (Wildman–Crippen MR) is 133 cm³/mol. The standard InChI is InChI=1S/C24H29ClN6O2/c1-15(26)12-28-19-6-8-20(9-7-19)31-24-29-13-16(14-30-24)4-5-17-10-18(23(32)27-2)11-21(33-3)22(17)25/h6-11,13-15,28H,4-5,12,26H2,1-3H3,(H,27,32)(H,29,30,31)/t15-/m0/s1. The molecule has 9 heteroatoms. The Morgan fingerprint density at radius 3 is 2.39 bits per heavy atom. The van der Waals surface area contributed by atoms with Gasteiger partial charge in [0.05, 0.1) is 12.1 Å². The van der Waals surface area contributed by atoms with E-state index in [4.69, 9.17) is 22.1 Å². The van der Waals surface area contributed by atoms with Crippen molar-refractivity contribution in [2.75, 3.05) is 31.3 Å². The summed E-state index contributed by atoms with van der Waals surface area (Å²) in [6, 6.07) is 11.4. The molecule has 3 aromatic rings. The quantitative estimate of drug-likeness (QED) is 0.358. The number of anilines is 3. The first-order valence-electron chi connectivity index (χ1n) is 10.7. The van der Waals surface area contributed by atoms with Crippen LogP contribution in [0.3, 0.4) is 0 Å². The van der Waals surface area contributed by atoms with E-state index in [1.165, 1.54) is 7.11 Å². The first-order valence-corrected chi connectivity index (χ1v) is 11.0. The normalized spacial score (nSPS) is 11.5. The van der Waals surface area contributed by atoms with Crippen LogP contribution in [0.15, 0.2) is 48.8 Å². The summed E-state index contributed by atoms with van der Waals surface area (Å²) in [7, 11) is 3.12. The highest BCUT2D eigenvalue weighted by molar-refractivity contribution is 6.33. The number of nitrogens with one attached hydrogen (secondary N) is 3. The highest BCUT2D eigenvalue weighted by Crippen LogP contribution is 2.31. The predicted octanol–water partition coefficient (Wildman–Crippen LogP) is 3.79. The molecule has 1 heterocycles. The smallest absolute Gasteiger partial charge is 0.251 e. The van der Waals surface area contributed by atoms with Gasteiger partial charge in [-0.3, -0.25) is 4.79 Å². The molecule has 0 aliphatic heterocycles. The molecular weight excluding hydrogens is 440 g/mol. The van der Waals surface area contributed by atoms with Crippen molar-refractivity contribution in [3.05, 3.63) is 70.5 Å². The number of rotatable bonds is 10. The molecule has 0 aliphatic rings. The Morgan fingerprint density at radius 1 is 1.12 bits per heavy atom. The third-order valence-electron chi connectivity index (χ3n) is 4.98. The molecule has 2 aromatic carbocycles. The summed E-state index contributed by atoms with van der Waals surface area (Å²) in [6.45, 7) is 2.67. The number of nitrogens with two attached hydrogens (primary N) is 1. The number of methoxy groups -OCH3 is 1. The molecule has 0 saturated heterocycles. The Balaban J connectivity index is 1.61. The highest BCUT2D eigenvalue weighted by Gasteiger charge is 2.14. The van der Waals surface area contributed by atoms with Gasteiger partial charge in [0, 0.05) is 49.0 Å². The minimum Gasteiger partial charge on any atom is -0.495 e. The lowest BCUT2D eigenvalue weighted by molar-refractivity contribution is 0.0962. The second-order valence-corrected chi connectivity index (χ2v) is 8.08. The number of aromatic nitrogens is 2. The molecule has 8 nitrogen and oxygen atoms in total. The van der Waals surface area contributed by atoms with E-state index in [0.29, 0.717) is 41.7 Å². The first-order chi connectivity index (χ1) is 15.9. The summed E-state index contributed by atoms with van der Waals surface area (Å²) in [4.78, 5) is 20.9. The van der Waals surface area contributed by atoms with E-state index >= 15 is 0 Å². The number of carbonyl (C=O) groups excluding carboxylic acids is 1. The molecule has 0 unspecified atom stereocenters. The highest BCUT2D eigenvalue weighted by atomic mass is 35.5. The van der Waals surface area contributed by atoms with Crippen LogP contribution in [-0.4, -0.2) is 42.6 Å². The van der Waals surface area contributed by atoms with Gasteiger partial charge in [-0.05, 0) is 67.3 Å². The molecule has 0 bridgehead atoms. The number of ether oxygens (including phenoxy) is 1. The van der Waals surface area contributed by atoms with Crippen molar-refractivity contribution in [1.82, 2.24) is 15.3 Å². The average molecular weight is 469 g/mol. The van der Waals surface area contributed by atoms with Gasteiger partial charge in [-0.15, -0.1) is 0 Å². The van der Waals surface area contributed by atoms with Gasteiger partial charge in [0.2, 0.25) is 5.95 Å². The Morgan fingerprint density at radius 2 is 1.79 bits per heavy atom. The minimum atomic E-state index is -0.192. The summed E-state index contributed by atoms with van der Waals surface area (Å²) < 4.78 is 5.32. The topological polar surface area (TPSA) is 114 Å². The molecule has 174 valence electrons. The zero-order chi connectivity index (χ0) is 23.8. The second kappa shape index (κ2) is 11.5. The maximum Gasteiger partial charge on any atom is 0.251 e. The molecule has 0 saturated carbocycles. The van der Waals surface area contributed by atoms with Crippen LogP contribution in [0.4, 0.5) is 17.3 Å². The van der Waals surface area contributed by atoms with Crippen LogP contribution in [0.1, 0.15) is 28.4 Å². The lowest BCUT2D eigenvalue weighted by Gasteiger charge is -2.12. The molecule has 3 rings (SSSR count). The molecule has 0 fully saturated rings. The molecule has 1 amide bonds. The van der Waals surface area contributed by atoms with Crippen LogP contribution in [0, 0.1) is 0 Å². The summed E-state index contributed by atoms with van der Waals surface area (Å²) in [5.41, 5.74) is 9.94. The monoisotopic (exact) mass is 468 g/mol. The Labute approximate surface area is 198 Å². The van der Waals surface area contributed by atoms with Gasteiger partial charge in [0.15, 0.2) is 0 Å². The van der Waals surface area contributed by atoms with Crippen LogP contribution in [-0.2, 0) is 12.8 Å². The van der Waals surface area contributed by atoms with Crippen LogP contribution < -0.4 is 26.4 Å². The summed E-state index contributed by atoms with van der Waals surface area (Å²) in [5.74, 6) is 0.793. The van der Waals surface area contributed by atoms with Crippen LogP contribution in [0.25, 0.3) is 0 Å². The fraction of sp³-hybridized carbons (Fsp3) is 0.292. The van der Waals surface area contributed by atoms with Crippen LogP contribution >= 0.6 is 11.6 Å². The summed E-state index contributed by atoms with van der Waals surface area (Å²) in [5, 5.41) is 9.58. The fourth-order valence-corrected chi connectivity index (χ4v) is 3.45. The SMILES string of the molecule is CNC(=O)c1cc(CCc2cnc(Nc3ccc(NC[C@H](C)N)cc3)nc2)c(Cl)c(OC)c1. The number of carbonyl (C=O) groups is 1. The van der Waals surface area contributed by atoms with Crippen molar-refractivity contribution >= 4 is 34.8 Å². The lowest BCUT2D eigenvalue weighted by Crippen LogP contribution is -2.25. The number of hydrogen-bond acceptors (Lipinski definition) is 7. The van der Waals surface area contributed by atoms with Gasteiger partial charge in [-0.2, -0.15) is 0 Å². The minimum absolute atomic E-state index is 0.0903. The van der Waals surface area contributed by atoms with Gasteiger partial charge in [0.25, 0.3) is 5.91 Å². The molecule has 1 atom stereocenters. The molecule has 33 heavy (non-hydrogen) atoms. The number of hydrogen-bond donors (Lipinski definition) is 4. The van der Waals surface area contributed by atoms with Crippen LogP contribution in [0.2, 0.25) is 5.02 Å². The van der Waals surface area contributed by atoms with Crippen molar-refractivity contribution < 1.29 is 9.53 Å². The third-order valence-corrected chi connectivity index (χ3v) is 5.41. The molecule has 0 spiro atoms. The number of amides is 1. The Bertz CT molecular complexity index is 1070. The van der Waals surface area contributed by atoms with E-state index in [9.17, 15) is 4.79 Å². The van der Waals surface area contributed by atoms with Crippen molar-refractivity contribution in [2.45, 2.75) is 25.8 Å². The van der Waals surface area contributed by atoms with E-state index in [2.05, 4.69) is 25.9 Å². The van der Waals surface area contributed by atoms with Gasteiger partial charge in [-0.25, -0.2) is 9.97 Å². The van der Waals surface area contributed by atoms with Gasteiger partial charge < -0.3 is 26.4 Å². The molecular formula is C24H29ClN6O2. The molecule has 0 radical (unpaired) electrons. The average Bonchev–Trinajstić information content (AvgIpc) is 2.83. The maximum absolute atomic E-state index is 12.0. The van der Waals surface area contributed by atoms with E-state index in [1.807, 2.05) is 31.2 Å². The zero-order valence-electron chi connectivity index (χ0n) is 19.0. The summed E-state index contributed by atoms with van der Waals surface area (Å²) in [6.07, 6.45) is 4.84. The first kappa shape index (κ1) is 24.3. The van der Waals surface area contributed by atoms with Gasteiger partial charge in [0.1, 0.15) is 5.75 Å². The molecule has 0 aliphatic carbocycles. The van der Waals surface area contributed by atoms with E-state index < -0.39 is 0 Å². The Hall–Kier alpha value is -3.36. The largest absolute Gasteiger partial charge is 0.495 e. The van der Waals surface area contributed by atoms with Crippen molar-refractivity contribution in [1.29, 1.82) is 0 Å². The Kier molecular flexibility index (Phi) is 8.46. The number of nitrogens with zero attached hydrogens (tertiary/aromatic N) is 2. The van der Waals surface area contributed by atoms with Gasteiger partial charge in [-0.1, -0.05) is 11.6 Å². The van der Waals surface area contributed by atoms with Crippen LogP contribution in [0.5, 0.6) is 5.75 Å². The third kappa shape index (κ3) is 6.81. The van der Waals surface area contributed by atoms with Crippen molar-refractivity contribution in [3.63, 3.8) is 0 Å². The fourth-order valence-electron chi connectivity index (χ4n) is 3.17. The van der Waals surface area contributed by atoms with Crippen molar-refractivity contribution in [3.8, 4) is 5.75 Å². The second-order valence-electron chi connectivity index (χ2n) is 7.71. The van der Waals surface area contributed by atoms with Gasteiger partial charge >= 0.3 is 0 Å². The number of halogens is 1. The van der Waals surface area contributed by atoms with E-state index in [1.54, 1.807) is 31.6 Å². The molecule has 1 aromatic heterocycles. The lowest BCUT2D eigenvalue weighted by atomic mass is 10.0. The maximum atomic E-state index is 12.0. The number of benzene rings is 2.